The maximum absolute atomic E-state index is 11.8. The van der Waals surface area contributed by atoms with E-state index in [0.29, 0.717) is 31.3 Å². The molecule has 1 fully saturated rings. The summed E-state index contributed by atoms with van der Waals surface area (Å²) in [4.78, 5) is 17.7. The van der Waals surface area contributed by atoms with Gasteiger partial charge in [-0.1, -0.05) is 18.1 Å². The minimum atomic E-state index is -0.0261. The third-order valence-electron chi connectivity index (χ3n) is 3.57. The van der Waals surface area contributed by atoms with Gasteiger partial charge in [-0.15, -0.1) is 0 Å². The molecule has 1 aliphatic rings. The first-order valence-corrected chi connectivity index (χ1v) is 7.76. The summed E-state index contributed by atoms with van der Waals surface area (Å²) in [7, 11) is 0. The average Bonchev–Trinajstić information content (AvgIpc) is 2.95. The molecule has 122 valence electrons. The third kappa shape index (κ3) is 3.61. The monoisotopic (exact) mass is 316 g/mol. The van der Waals surface area contributed by atoms with E-state index >= 15 is 0 Å². The SMILES string of the molecule is CCCNC(=O)N1CC(Oc2cccc(-c3nc(C)no3)c2)C1. The minimum Gasteiger partial charge on any atom is -0.487 e. The van der Waals surface area contributed by atoms with Crippen LogP contribution in [0.4, 0.5) is 4.79 Å². The van der Waals surface area contributed by atoms with E-state index in [4.69, 9.17) is 9.26 Å². The van der Waals surface area contributed by atoms with Crippen molar-refractivity contribution in [3.05, 3.63) is 30.1 Å². The minimum absolute atomic E-state index is 0.0158. The number of nitrogens with zero attached hydrogens (tertiary/aromatic N) is 3. The summed E-state index contributed by atoms with van der Waals surface area (Å²) in [6, 6.07) is 7.50. The lowest BCUT2D eigenvalue weighted by Crippen LogP contribution is -2.58. The quantitative estimate of drug-likeness (QED) is 0.915. The van der Waals surface area contributed by atoms with Crippen molar-refractivity contribution < 1.29 is 14.1 Å². The van der Waals surface area contributed by atoms with Crippen LogP contribution in [-0.2, 0) is 0 Å². The number of aromatic nitrogens is 2. The van der Waals surface area contributed by atoms with Crippen LogP contribution in [0.25, 0.3) is 11.5 Å². The molecule has 7 nitrogen and oxygen atoms in total. The number of hydrogen-bond donors (Lipinski definition) is 1. The van der Waals surface area contributed by atoms with Crippen molar-refractivity contribution >= 4 is 6.03 Å². The molecule has 0 radical (unpaired) electrons. The predicted molar refractivity (Wildman–Crippen MR) is 84.1 cm³/mol. The molecule has 0 saturated carbocycles. The number of carbonyl (C=O) groups is 1. The first kappa shape index (κ1) is 15.3. The molecule has 1 aliphatic heterocycles. The number of nitrogens with one attached hydrogen (secondary N) is 1. The molecule has 23 heavy (non-hydrogen) atoms. The fraction of sp³-hybridized carbons (Fsp3) is 0.438. The van der Waals surface area contributed by atoms with E-state index < -0.39 is 0 Å². The zero-order chi connectivity index (χ0) is 16.2. The number of ether oxygens (including phenoxy) is 1. The maximum Gasteiger partial charge on any atom is 0.317 e. The molecule has 0 unspecified atom stereocenters. The van der Waals surface area contributed by atoms with Crippen LogP contribution >= 0.6 is 0 Å². The van der Waals surface area contributed by atoms with E-state index in [-0.39, 0.29) is 12.1 Å². The van der Waals surface area contributed by atoms with Crippen LogP contribution in [0, 0.1) is 6.92 Å². The number of urea groups is 1. The summed E-state index contributed by atoms with van der Waals surface area (Å²) in [5.74, 6) is 1.80. The van der Waals surface area contributed by atoms with Crippen molar-refractivity contribution in [1.82, 2.24) is 20.4 Å². The van der Waals surface area contributed by atoms with Gasteiger partial charge in [-0.3, -0.25) is 0 Å². The Bertz CT molecular complexity index is 679. The molecular weight excluding hydrogens is 296 g/mol. The lowest BCUT2D eigenvalue weighted by Gasteiger charge is -2.38. The van der Waals surface area contributed by atoms with Gasteiger partial charge < -0.3 is 19.5 Å². The summed E-state index contributed by atoms with van der Waals surface area (Å²) in [5.41, 5.74) is 0.819. The number of aryl methyl sites for hydroxylation is 1. The van der Waals surface area contributed by atoms with Gasteiger partial charge >= 0.3 is 6.03 Å². The highest BCUT2D eigenvalue weighted by Gasteiger charge is 2.32. The molecule has 0 bridgehead atoms. The van der Waals surface area contributed by atoms with Gasteiger partial charge in [-0.05, 0) is 31.5 Å². The van der Waals surface area contributed by atoms with Gasteiger partial charge in [0.05, 0.1) is 13.1 Å². The molecule has 0 atom stereocenters. The Morgan fingerprint density at radius 3 is 3.00 bits per heavy atom. The lowest BCUT2D eigenvalue weighted by molar-refractivity contribution is 0.0445. The molecule has 1 aromatic carbocycles. The average molecular weight is 316 g/mol. The third-order valence-corrected chi connectivity index (χ3v) is 3.57. The number of rotatable bonds is 5. The zero-order valence-electron chi connectivity index (χ0n) is 13.3. The summed E-state index contributed by atoms with van der Waals surface area (Å²) in [6.07, 6.45) is 0.948. The number of carbonyl (C=O) groups excluding carboxylic acids is 1. The Kier molecular flexibility index (Phi) is 4.45. The normalized spacial score (nSPS) is 14.4. The van der Waals surface area contributed by atoms with Crippen LogP contribution in [-0.4, -0.2) is 46.8 Å². The Morgan fingerprint density at radius 2 is 2.30 bits per heavy atom. The van der Waals surface area contributed by atoms with Gasteiger partial charge in [0, 0.05) is 12.1 Å². The molecule has 2 amide bonds. The number of hydrogen-bond acceptors (Lipinski definition) is 5. The van der Waals surface area contributed by atoms with E-state index in [1.54, 1.807) is 11.8 Å². The van der Waals surface area contributed by atoms with E-state index in [1.807, 2.05) is 31.2 Å². The van der Waals surface area contributed by atoms with Crippen LogP contribution in [0.15, 0.2) is 28.8 Å². The fourth-order valence-electron chi connectivity index (χ4n) is 2.33. The highest BCUT2D eigenvalue weighted by molar-refractivity contribution is 5.75. The van der Waals surface area contributed by atoms with Gasteiger partial charge in [0.25, 0.3) is 5.89 Å². The summed E-state index contributed by atoms with van der Waals surface area (Å²) >= 11 is 0. The van der Waals surface area contributed by atoms with Crippen LogP contribution in [0.5, 0.6) is 5.75 Å². The van der Waals surface area contributed by atoms with Gasteiger partial charge in [0.15, 0.2) is 5.82 Å². The second-order valence-electron chi connectivity index (χ2n) is 5.55. The molecule has 0 aliphatic carbocycles. The molecule has 2 aromatic rings. The van der Waals surface area contributed by atoms with Crippen LogP contribution < -0.4 is 10.1 Å². The Hall–Kier alpha value is -2.57. The molecule has 1 aromatic heterocycles. The molecule has 1 saturated heterocycles. The van der Waals surface area contributed by atoms with Crippen molar-refractivity contribution in [2.24, 2.45) is 0 Å². The van der Waals surface area contributed by atoms with Gasteiger partial charge in [0.1, 0.15) is 11.9 Å². The predicted octanol–water partition coefficient (Wildman–Crippen LogP) is 2.23. The second-order valence-corrected chi connectivity index (χ2v) is 5.55. The van der Waals surface area contributed by atoms with Crippen LogP contribution in [0.3, 0.4) is 0 Å². The van der Waals surface area contributed by atoms with E-state index in [9.17, 15) is 4.79 Å². The van der Waals surface area contributed by atoms with Crippen molar-refractivity contribution in [2.75, 3.05) is 19.6 Å². The number of likely N-dealkylation sites (tertiary alicyclic amines) is 1. The highest BCUT2D eigenvalue weighted by atomic mass is 16.5. The first-order valence-electron chi connectivity index (χ1n) is 7.76. The van der Waals surface area contributed by atoms with Gasteiger partial charge in [0.2, 0.25) is 0 Å². The Labute approximate surface area is 134 Å². The van der Waals surface area contributed by atoms with Crippen LogP contribution in [0.1, 0.15) is 19.2 Å². The Morgan fingerprint density at radius 1 is 1.48 bits per heavy atom. The van der Waals surface area contributed by atoms with Gasteiger partial charge in [-0.25, -0.2) is 4.79 Å². The maximum atomic E-state index is 11.8. The molecule has 2 heterocycles. The highest BCUT2D eigenvalue weighted by Crippen LogP contribution is 2.24. The lowest BCUT2D eigenvalue weighted by atomic mass is 10.1. The van der Waals surface area contributed by atoms with Crippen LogP contribution in [0.2, 0.25) is 0 Å². The van der Waals surface area contributed by atoms with Crippen molar-refractivity contribution in [1.29, 1.82) is 0 Å². The van der Waals surface area contributed by atoms with E-state index in [2.05, 4.69) is 15.5 Å². The van der Waals surface area contributed by atoms with E-state index in [1.165, 1.54) is 0 Å². The molecular formula is C16H20N4O3. The smallest absolute Gasteiger partial charge is 0.317 e. The summed E-state index contributed by atoms with van der Waals surface area (Å²) in [6.45, 7) is 5.70. The second kappa shape index (κ2) is 6.68. The summed E-state index contributed by atoms with van der Waals surface area (Å²) < 4.78 is 11.1. The van der Waals surface area contributed by atoms with Crippen molar-refractivity contribution in [3.8, 4) is 17.2 Å². The van der Waals surface area contributed by atoms with Crippen molar-refractivity contribution in [2.45, 2.75) is 26.4 Å². The summed E-state index contributed by atoms with van der Waals surface area (Å²) in [5, 5.41) is 6.64. The van der Waals surface area contributed by atoms with E-state index in [0.717, 1.165) is 17.7 Å². The number of benzene rings is 1. The fourth-order valence-corrected chi connectivity index (χ4v) is 2.33. The molecule has 7 heteroatoms. The molecule has 3 rings (SSSR count). The zero-order valence-corrected chi connectivity index (χ0v) is 13.3. The number of amides is 2. The van der Waals surface area contributed by atoms with Crippen molar-refractivity contribution in [3.63, 3.8) is 0 Å². The van der Waals surface area contributed by atoms with Gasteiger partial charge in [-0.2, -0.15) is 4.98 Å². The Balaban J connectivity index is 1.55. The first-order chi connectivity index (χ1) is 11.2. The topological polar surface area (TPSA) is 80.5 Å². The molecule has 1 N–H and O–H groups in total. The standard InChI is InChI=1S/C16H20N4O3/c1-3-7-17-16(21)20-9-14(10-20)22-13-6-4-5-12(8-13)15-18-11(2)19-23-15/h4-6,8,14H,3,7,9-10H2,1-2H3,(H,17,21). The molecule has 0 spiro atoms. The largest absolute Gasteiger partial charge is 0.487 e.